The quantitative estimate of drug-likeness (QED) is 0.888. The predicted molar refractivity (Wildman–Crippen MR) is 86.0 cm³/mol. The van der Waals surface area contributed by atoms with Crippen molar-refractivity contribution >= 4 is 22.0 Å². The number of carbonyl (C=O) groups excluding carboxylic acids is 1. The zero-order valence-corrected chi connectivity index (χ0v) is 13.3. The lowest BCUT2D eigenvalue weighted by atomic mass is 10.2. The fraction of sp³-hybridized carbons (Fsp3) is 0.188. The second-order valence-electron chi connectivity index (χ2n) is 4.81. The Morgan fingerprint density at radius 1 is 1.10 bits per heavy atom. The molecular formula is C16H17BrN2O2. The van der Waals surface area contributed by atoms with Crippen molar-refractivity contribution in [1.82, 2.24) is 10.2 Å². The Bertz CT molecular complexity index is 597. The van der Waals surface area contributed by atoms with Crippen LogP contribution < -0.4 is 5.32 Å². The highest BCUT2D eigenvalue weighted by Crippen LogP contribution is 2.12. The van der Waals surface area contributed by atoms with E-state index in [1.807, 2.05) is 24.3 Å². The third kappa shape index (κ3) is 4.79. The molecule has 0 radical (unpaired) electrons. The number of nitrogens with zero attached hydrogens (tertiary/aromatic N) is 1. The van der Waals surface area contributed by atoms with Crippen molar-refractivity contribution < 1.29 is 9.90 Å². The molecule has 0 unspecified atom stereocenters. The number of nitrogens with one attached hydrogen (secondary N) is 1. The number of hydrogen-bond donors (Lipinski definition) is 2. The maximum absolute atomic E-state index is 12.0. The van der Waals surface area contributed by atoms with Gasteiger partial charge in [-0.1, -0.05) is 40.2 Å². The number of benzene rings is 2. The van der Waals surface area contributed by atoms with Crippen LogP contribution >= 0.6 is 15.9 Å². The van der Waals surface area contributed by atoms with Gasteiger partial charge in [0.15, 0.2) is 0 Å². The summed E-state index contributed by atoms with van der Waals surface area (Å²) in [4.78, 5) is 13.6. The van der Waals surface area contributed by atoms with Crippen LogP contribution in [0.5, 0.6) is 5.75 Å². The van der Waals surface area contributed by atoms with Gasteiger partial charge in [0.25, 0.3) is 0 Å². The average Bonchev–Trinajstić information content (AvgIpc) is 2.48. The van der Waals surface area contributed by atoms with Crippen LogP contribution in [0.25, 0.3) is 0 Å². The van der Waals surface area contributed by atoms with E-state index in [1.165, 1.54) is 0 Å². The van der Waals surface area contributed by atoms with Gasteiger partial charge in [-0.25, -0.2) is 4.79 Å². The molecule has 0 aliphatic rings. The molecule has 0 bridgehead atoms. The standard InChI is InChI=1S/C16H17BrN2O2/c1-19(11-13-4-8-15(20)9-5-13)16(21)18-10-12-2-6-14(17)7-3-12/h2-9,20H,10-11H2,1H3,(H,18,21). The molecule has 0 aromatic heterocycles. The normalized spacial score (nSPS) is 10.2. The predicted octanol–water partition coefficient (Wildman–Crippen LogP) is 3.50. The Hall–Kier alpha value is -2.01. The zero-order valence-electron chi connectivity index (χ0n) is 11.7. The summed E-state index contributed by atoms with van der Waals surface area (Å²) in [6.45, 7) is 0.985. The van der Waals surface area contributed by atoms with E-state index in [0.717, 1.165) is 15.6 Å². The van der Waals surface area contributed by atoms with Crippen molar-refractivity contribution in [1.29, 1.82) is 0 Å². The summed E-state index contributed by atoms with van der Waals surface area (Å²) in [5.41, 5.74) is 2.01. The van der Waals surface area contributed by atoms with Crippen molar-refractivity contribution in [2.45, 2.75) is 13.1 Å². The molecular weight excluding hydrogens is 332 g/mol. The van der Waals surface area contributed by atoms with E-state index >= 15 is 0 Å². The Labute approximate surface area is 132 Å². The molecule has 0 aliphatic heterocycles. The van der Waals surface area contributed by atoms with Gasteiger partial charge in [-0.15, -0.1) is 0 Å². The fourth-order valence-electron chi connectivity index (χ4n) is 1.86. The van der Waals surface area contributed by atoms with Crippen molar-refractivity contribution in [3.63, 3.8) is 0 Å². The summed E-state index contributed by atoms with van der Waals surface area (Å²) in [5.74, 6) is 0.223. The Kier molecular flexibility index (Phi) is 5.22. The third-order valence-corrected chi connectivity index (χ3v) is 3.59. The van der Waals surface area contributed by atoms with Gasteiger partial charge in [-0.05, 0) is 35.4 Å². The Morgan fingerprint density at radius 2 is 1.67 bits per heavy atom. The lowest BCUT2D eigenvalue weighted by Gasteiger charge is -2.18. The second kappa shape index (κ2) is 7.13. The molecule has 0 saturated carbocycles. The molecule has 0 atom stereocenters. The van der Waals surface area contributed by atoms with Crippen LogP contribution in [0.4, 0.5) is 4.79 Å². The van der Waals surface area contributed by atoms with E-state index in [2.05, 4.69) is 21.2 Å². The molecule has 0 aliphatic carbocycles. The van der Waals surface area contributed by atoms with Crippen molar-refractivity contribution in [2.24, 2.45) is 0 Å². The smallest absolute Gasteiger partial charge is 0.317 e. The lowest BCUT2D eigenvalue weighted by molar-refractivity contribution is 0.206. The van der Waals surface area contributed by atoms with E-state index in [1.54, 1.807) is 36.2 Å². The van der Waals surface area contributed by atoms with E-state index in [9.17, 15) is 9.90 Å². The summed E-state index contributed by atoms with van der Waals surface area (Å²) in [6, 6.07) is 14.5. The SMILES string of the molecule is CN(Cc1ccc(O)cc1)C(=O)NCc1ccc(Br)cc1. The number of phenols is 1. The summed E-state index contributed by atoms with van der Waals surface area (Å²) in [5, 5.41) is 12.1. The molecule has 2 amide bonds. The molecule has 0 saturated heterocycles. The topological polar surface area (TPSA) is 52.6 Å². The molecule has 2 rings (SSSR count). The summed E-state index contributed by atoms with van der Waals surface area (Å²) in [6.07, 6.45) is 0. The maximum Gasteiger partial charge on any atom is 0.317 e. The minimum atomic E-state index is -0.133. The first kappa shape index (κ1) is 15.4. The molecule has 110 valence electrons. The first-order valence-corrected chi connectivity index (χ1v) is 7.35. The number of aromatic hydroxyl groups is 1. The highest BCUT2D eigenvalue weighted by Gasteiger charge is 2.08. The first-order valence-electron chi connectivity index (χ1n) is 6.56. The number of halogens is 1. The van der Waals surface area contributed by atoms with Gasteiger partial charge in [-0.3, -0.25) is 0 Å². The molecule has 5 heteroatoms. The van der Waals surface area contributed by atoms with Crippen molar-refractivity contribution in [3.05, 3.63) is 64.1 Å². The van der Waals surface area contributed by atoms with Crippen LogP contribution in [-0.4, -0.2) is 23.1 Å². The highest BCUT2D eigenvalue weighted by atomic mass is 79.9. The fourth-order valence-corrected chi connectivity index (χ4v) is 2.13. The zero-order chi connectivity index (χ0) is 15.2. The first-order chi connectivity index (χ1) is 10.0. The molecule has 4 nitrogen and oxygen atoms in total. The number of carbonyl (C=O) groups is 1. The van der Waals surface area contributed by atoms with Crippen LogP contribution in [-0.2, 0) is 13.1 Å². The van der Waals surface area contributed by atoms with Gasteiger partial charge in [0, 0.05) is 24.6 Å². The average molecular weight is 349 g/mol. The van der Waals surface area contributed by atoms with Gasteiger partial charge < -0.3 is 15.3 Å². The summed E-state index contributed by atoms with van der Waals surface area (Å²) in [7, 11) is 1.74. The minimum absolute atomic E-state index is 0.133. The number of rotatable bonds is 4. The number of phenolic OH excluding ortho intramolecular Hbond substituents is 1. The maximum atomic E-state index is 12.0. The van der Waals surface area contributed by atoms with Crippen LogP contribution in [0.1, 0.15) is 11.1 Å². The third-order valence-electron chi connectivity index (χ3n) is 3.06. The lowest BCUT2D eigenvalue weighted by Crippen LogP contribution is -2.36. The molecule has 2 aromatic rings. The van der Waals surface area contributed by atoms with Crippen LogP contribution in [0, 0.1) is 0 Å². The Morgan fingerprint density at radius 3 is 2.29 bits per heavy atom. The van der Waals surface area contributed by atoms with Crippen LogP contribution in [0.2, 0.25) is 0 Å². The minimum Gasteiger partial charge on any atom is -0.508 e. The summed E-state index contributed by atoms with van der Waals surface area (Å²) < 4.78 is 1.02. The van der Waals surface area contributed by atoms with Crippen LogP contribution in [0.3, 0.4) is 0 Å². The molecule has 0 heterocycles. The van der Waals surface area contributed by atoms with Crippen LogP contribution in [0.15, 0.2) is 53.0 Å². The molecule has 2 aromatic carbocycles. The van der Waals surface area contributed by atoms with E-state index in [4.69, 9.17) is 0 Å². The summed E-state index contributed by atoms with van der Waals surface area (Å²) >= 11 is 3.38. The van der Waals surface area contributed by atoms with Gasteiger partial charge in [0.05, 0.1) is 0 Å². The monoisotopic (exact) mass is 348 g/mol. The highest BCUT2D eigenvalue weighted by molar-refractivity contribution is 9.10. The number of hydrogen-bond acceptors (Lipinski definition) is 2. The number of urea groups is 1. The van der Waals surface area contributed by atoms with E-state index in [0.29, 0.717) is 13.1 Å². The Balaban J connectivity index is 1.84. The van der Waals surface area contributed by atoms with Gasteiger partial charge in [0.2, 0.25) is 0 Å². The van der Waals surface area contributed by atoms with Gasteiger partial charge >= 0.3 is 6.03 Å². The van der Waals surface area contributed by atoms with E-state index < -0.39 is 0 Å². The van der Waals surface area contributed by atoms with Gasteiger partial charge in [0.1, 0.15) is 5.75 Å². The molecule has 0 fully saturated rings. The number of amides is 2. The largest absolute Gasteiger partial charge is 0.508 e. The van der Waals surface area contributed by atoms with Gasteiger partial charge in [-0.2, -0.15) is 0 Å². The van der Waals surface area contributed by atoms with E-state index in [-0.39, 0.29) is 11.8 Å². The van der Waals surface area contributed by atoms with Crippen molar-refractivity contribution in [3.8, 4) is 5.75 Å². The van der Waals surface area contributed by atoms with Crippen molar-refractivity contribution in [2.75, 3.05) is 7.05 Å². The molecule has 2 N–H and O–H groups in total. The second-order valence-corrected chi connectivity index (χ2v) is 5.72. The molecule has 21 heavy (non-hydrogen) atoms. The molecule has 0 spiro atoms.